The Kier molecular flexibility index (Phi) is 5.54. The van der Waals surface area contributed by atoms with Gasteiger partial charge in [0, 0.05) is 35.0 Å². The third-order valence-corrected chi connectivity index (χ3v) is 4.18. The van der Waals surface area contributed by atoms with Gasteiger partial charge in [0.25, 0.3) is 0 Å². The van der Waals surface area contributed by atoms with Gasteiger partial charge in [-0.05, 0) is 23.8 Å². The van der Waals surface area contributed by atoms with Crippen molar-refractivity contribution in [3.8, 4) is 5.75 Å². The van der Waals surface area contributed by atoms with E-state index in [9.17, 15) is 19.5 Å². The van der Waals surface area contributed by atoms with Crippen LogP contribution < -0.4 is 0 Å². The van der Waals surface area contributed by atoms with E-state index >= 15 is 0 Å². The Bertz CT molecular complexity index is 1230. The second-order valence-corrected chi connectivity index (χ2v) is 6.11. The SMILES string of the molecule is O=C(O)C(=O)Cc1c[nH]c2ccccc12.O=C(O)c1cc(O)c2ccccc2n1. The molecule has 0 saturated heterocycles. The molecule has 4 N–H and O–H groups in total. The van der Waals surface area contributed by atoms with Crippen molar-refractivity contribution in [3.05, 3.63) is 72.1 Å². The standard InChI is InChI=1S/C11H9NO3.C10H7NO3/c13-10(11(14)15)5-7-6-12-9-4-2-1-3-8(7)9;12-9-5-8(10(13)14)11-7-4-2-1-3-6(7)9/h1-4,6,12H,5H2,(H,14,15);1-5H,(H,11,12)(H,13,14). The molecule has 2 heterocycles. The quantitative estimate of drug-likeness (QED) is 0.391. The molecule has 0 aliphatic heterocycles. The predicted octanol–water partition coefficient (Wildman–Crippen LogP) is 3.00. The number of H-pyrrole nitrogens is 1. The first-order chi connectivity index (χ1) is 13.9. The summed E-state index contributed by atoms with van der Waals surface area (Å²) in [4.78, 5) is 38.9. The molecule has 0 fully saturated rings. The molecule has 0 unspecified atom stereocenters. The van der Waals surface area contributed by atoms with Crippen LogP contribution in [0.1, 0.15) is 16.1 Å². The van der Waals surface area contributed by atoms with Crippen LogP contribution in [0.25, 0.3) is 21.8 Å². The molecule has 0 radical (unpaired) electrons. The van der Waals surface area contributed by atoms with E-state index in [0.717, 1.165) is 22.5 Å². The number of hydrogen-bond acceptors (Lipinski definition) is 5. The summed E-state index contributed by atoms with van der Waals surface area (Å²) < 4.78 is 0. The highest BCUT2D eigenvalue weighted by Crippen LogP contribution is 2.23. The van der Waals surface area contributed by atoms with Crippen LogP contribution in [0.2, 0.25) is 0 Å². The van der Waals surface area contributed by atoms with Gasteiger partial charge < -0.3 is 20.3 Å². The number of pyridine rings is 1. The van der Waals surface area contributed by atoms with Gasteiger partial charge in [0.05, 0.1) is 5.52 Å². The number of fused-ring (bicyclic) bond motifs is 2. The summed E-state index contributed by atoms with van der Waals surface area (Å²) in [6.07, 6.45) is 1.60. The molecule has 146 valence electrons. The summed E-state index contributed by atoms with van der Waals surface area (Å²) >= 11 is 0. The molecular weight excluding hydrogens is 376 g/mol. The predicted molar refractivity (Wildman–Crippen MR) is 105 cm³/mol. The summed E-state index contributed by atoms with van der Waals surface area (Å²) in [5.74, 6) is -3.39. The number of nitrogens with one attached hydrogen (secondary N) is 1. The number of hydrogen-bond donors (Lipinski definition) is 4. The Hall–Kier alpha value is -4.20. The number of carbonyl (C=O) groups is 3. The molecule has 0 atom stereocenters. The summed E-state index contributed by atoms with van der Waals surface area (Å²) in [6, 6.07) is 15.4. The number of nitrogens with zero attached hydrogens (tertiary/aromatic N) is 1. The molecule has 29 heavy (non-hydrogen) atoms. The molecule has 4 rings (SSSR count). The van der Waals surface area contributed by atoms with E-state index in [2.05, 4.69) is 9.97 Å². The van der Waals surface area contributed by atoms with E-state index in [1.54, 1.807) is 30.5 Å². The van der Waals surface area contributed by atoms with Gasteiger partial charge in [0.2, 0.25) is 5.78 Å². The van der Waals surface area contributed by atoms with Crippen LogP contribution in [0.3, 0.4) is 0 Å². The van der Waals surface area contributed by atoms with E-state index in [1.807, 2.05) is 24.3 Å². The van der Waals surface area contributed by atoms with Crippen molar-refractivity contribution in [2.45, 2.75) is 6.42 Å². The van der Waals surface area contributed by atoms with Crippen LogP contribution in [-0.2, 0) is 16.0 Å². The normalized spacial score (nSPS) is 10.3. The molecule has 0 spiro atoms. The smallest absolute Gasteiger partial charge is 0.372 e. The number of aromatic amines is 1. The van der Waals surface area contributed by atoms with E-state index in [0.29, 0.717) is 10.9 Å². The Balaban J connectivity index is 0.000000166. The fourth-order valence-electron chi connectivity index (χ4n) is 2.79. The Morgan fingerprint density at radius 1 is 0.931 bits per heavy atom. The number of aromatic carboxylic acids is 1. The van der Waals surface area contributed by atoms with Crippen molar-refractivity contribution in [1.82, 2.24) is 9.97 Å². The van der Waals surface area contributed by atoms with Crippen LogP contribution in [0, 0.1) is 0 Å². The van der Waals surface area contributed by atoms with Crippen LogP contribution >= 0.6 is 0 Å². The van der Waals surface area contributed by atoms with Crippen molar-refractivity contribution in [2.75, 3.05) is 0 Å². The van der Waals surface area contributed by atoms with Crippen LogP contribution in [0.4, 0.5) is 0 Å². The maximum Gasteiger partial charge on any atom is 0.372 e. The third-order valence-electron chi connectivity index (χ3n) is 4.18. The molecule has 0 amide bonds. The lowest BCUT2D eigenvalue weighted by atomic mass is 10.1. The first kappa shape index (κ1) is 19.6. The van der Waals surface area contributed by atoms with Gasteiger partial charge in [0.1, 0.15) is 5.75 Å². The number of carboxylic acids is 2. The first-order valence-electron chi connectivity index (χ1n) is 8.50. The fourth-order valence-corrected chi connectivity index (χ4v) is 2.79. The van der Waals surface area contributed by atoms with Crippen LogP contribution in [0.5, 0.6) is 5.75 Å². The Labute approximate surface area is 164 Å². The zero-order valence-electron chi connectivity index (χ0n) is 15.0. The Morgan fingerprint density at radius 3 is 2.28 bits per heavy atom. The third kappa shape index (κ3) is 4.38. The molecule has 0 bridgehead atoms. The fraction of sp³-hybridized carbons (Fsp3) is 0.0476. The highest BCUT2D eigenvalue weighted by Gasteiger charge is 2.14. The molecule has 2 aromatic heterocycles. The second kappa shape index (κ2) is 8.22. The van der Waals surface area contributed by atoms with Crippen molar-refractivity contribution < 1.29 is 29.7 Å². The van der Waals surface area contributed by atoms with Gasteiger partial charge in [-0.15, -0.1) is 0 Å². The number of aromatic hydroxyl groups is 1. The van der Waals surface area contributed by atoms with E-state index in [4.69, 9.17) is 10.2 Å². The number of ketones is 1. The van der Waals surface area contributed by atoms with Crippen LogP contribution in [0.15, 0.2) is 60.8 Å². The maximum absolute atomic E-state index is 11.0. The van der Waals surface area contributed by atoms with Crippen LogP contribution in [-0.4, -0.2) is 43.0 Å². The number of aliphatic carboxylic acids is 1. The van der Waals surface area contributed by atoms with E-state index < -0.39 is 17.7 Å². The number of Topliss-reactive ketones (excluding diaryl/α,β-unsaturated/α-hetero) is 1. The number of carbonyl (C=O) groups excluding carboxylic acids is 1. The lowest BCUT2D eigenvalue weighted by molar-refractivity contribution is -0.148. The van der Waals surface area contributed by atoms with Gasteiger partial charge in [-0.1, -0.05) is 30.3 Å². The second-order valence-electron chi connectivity index (χ2n) is 6.11. The van der Waals surface area contributed by atoms with Gasteiger partial charge in [0.15, 0.2) is 5.69 Å². The molecule has 0 saturated carbocycles. The minimum atomic E-state index is -1.39. The zero-order chi connectivity index (χ0) is 21.0. The summed E-state index contributed by atoms with van der Waals surface area (Å²) in [5.41, 5.74) is 1.95. The van der Waals surface area contributed by atoms with Crippen molar-refractivity contribution in [3.63, 3.8) is 0 Å². The average molecular weight is 392 g/mol. The van der Waals surface area contributed by atoms with Crippen molar-refractivity contribution in [1.29, 1.82) is 0 Å². The molecule has 8 heteroatoms. The van der Waals surface area contributed by atoms with Gasteiger partial charge in [-0.3, -0.25) is 4.79 Å². The maximum atomic E-state index is 11.0. The molecule has 0 aliphatic carbocycles. The molecule has 8 nitrogen and oxygen atoms in total. The monoisotopic (exact) mass is 392 g/mol. The highest BCUT2D eigenvalue weighted by molar-refractivity contribution is 6.33. The van der Waals surface area contributed by atoms with Crippen molar-refractivity contribution >= 4 is 39.5 Å². The number of aromatic nitrogens is 2. The number of para-hydroxylation sites is 2. The first-order valence-corrected chi connectivity index (χ1v) is 8.50. The molecule has 4 aromatic rings. The zero-order valence-corrected chi connectivity index (χ0v) is 15.0. The lowest BCUT2D eigenvalue weighted by Crippen LogP contribution is -2.14. The summed E-state index contributed by atoms with van der Waals surface area (Å²) in [7, 11) is 0. The molecular formula is C21H16N2O6. The lowest BCUT2D eigenvalue weighted by Gasteiger charge is -2.01. The minimum absolute atomic E-state index is 0.0620. The van der Waals surface area contributed by atoms with Gasteiger partial charge in [-0.2, -0.15) is 0 Å². The van der Waals surface area contributed by atoms with E-state index in [1.165, 1.54) is 0 Å². The summed E-state index contributed by atoms with van der Waals surface area (Å²) in [5, 5.41) is 28.1. The largest absolute Gasteiger partial charge is 0.507 e. The Morgan fingerprint density at radius 2 is 1.59 bits per heavy atom. The molecule has 0 aliphatic rings. The number of carboxylic acid groups (broad SMARTS) is 2. The topological polar surface area (TPSA) is 141 Å². The minimum Gasteiger partial charge on any atom is -0.507 e. The number of benzene rings is 2. The average Bonchev–Trinajstić information content (AvgIpc) is 3.11. The van der Waals surface area contributed by atoms with Crippen molar-refractivity contribution in [2.24, 2.45) is 0 Å². The highest BCUT2D eigenvalue weighted by atomic mass is 16.4. The number of rotatable bonds is 4. The van der Waals surface area contributed by atoms with E-state index in [-0.39, 0.29) is 17.9 Å². The van der Waals surface area contributed by atoms with Gasteiger partial charge in [-0.25, -0.2) is 14.6 Å². The van der Waals surface area contributed by atoms with Gasteiger partial charge >= 0.3 is 11.9 Å². The summed E-state index contributed by atoms with van der Waals surface area (Å²) in [6.45, 7) is 0. The molecule has 2 aromatic carbocycles.